The topological polar surface area (TPSA) is 60.7 Å². The van der Waals surface area contributed by atoms with Crippen molar-refractivity contribution in [3.05, 3.63) is 239 Å². The van der Waals surface area contributed by atoms with Gasteiger partial charge in [0.05, 0.1) is 51.4 Å². The number of fused-ring (bicyclic) bond motifs is 12. The molecule has 0 amide bonds. The number of anilines is 2. The molecule has 5 nitrogen and oxygen atoms in total. The van der Waals surface area contributed by atoms with Gasteiger partial charge in [-0.25, -0.2) is 0 Å². The first-order valence-electron chi connectivity index (χ1n) is 23.0. The number of aromatic nitrogens is 2. The summed E-state index contributed by atoms with van der Waals surface area (Å²) in [6.07, 6.45) is 10.8. The van der Waals surface area contributed by atoms with Crippen LogP contribution in [0.25, 0.3) is 76.9 Å². The second-order valence-electron chi connectivity index (χ2n) is 18.3. The predicted octanol–water partition coefficient (Wildman–Crippen LogP) is 14.7. The Labute approximate surface area is 387 Å². The van der Waals surface area contributed by atoms with Gasteiger partial charge in [0.2, 0.25) is 0 Å². The van der Waals surface area contributed by atoms with Crippen molar-refractivity contribution >= 4 is 65.8 Å². The molecule has 11 aromatic rings. The maximum absolute atomic E-state index is 9.62. The van der Waals surface area contributed by atoms with E-state index in [1.807, 2.05) is 12.1 Å². The summed E-state index contributed by atoms with van der Waals surface area (Å²) in [5, 5.41) is 26.5. The van der Waals surface area contributed by atoms with Gasteiger partial charge in [0.15, 0.2) is 0 Å². The Morgan fingerprint density at radius 2 is 1.00 bits per heavy atom. The lowest BCUT2D eigenvalue weighted by molar-refractivity contribution is 0.745. The highest BCUT2D eigenvalue weighted by molar-refractivity contribution is 6.13. The van der Waals surface area contributed by atoms with Crippen molar-refractivity contribution < 1.29 is 0 Å². The van der Waals surface area contributed by atoms with Crippen LogP contribution in [0.15, 0.2) is 200 Å². The Hall–Kier alpha value is -8.90. The lowest BCUT2D eigenvalue weighted by Crippen LogP contribution is -2.28. The molecule has 312 valence electrons. The first-order chi connectivity index (χ1) is 33.1. The minimum Gasteiger partial charge on any atom is -0.333 e. The van der Waals surface area contributed by atoms with Gasteiger partial charge < -0.3 is 14.0 Å². The second kappa shape index (κ2) is 14.3. The normalized spacial score (nSPS) is 15.8. The van der Waals surface area contributed by atoms with Crippen molar-refractivity contribution in [2.75, 3.05) is 4.90 Å². The second-order valence-corrected chi connectivity index (χ2v) is 18.3. The summed E-state index contributed by atoms with van der Waals surface area (Å²) in [6.45, 7) is 0. The number of para-hydroxylation sites is 3. The summed E-state index contributed by atoms with van der Waals surface area (Å²) in [7, 11) is 0. The summed E-state index contributed by atoms with van der Waals surface area (Å²) in [5.41, 5.74) is 19.1. The molecule has 2 unspecified atom stereocenters. The van der Waals surface area contributed by atoms with Crippen LogP contribution in [0.2, 0.25) is 0 Å². The highest BCUT2D eigenvalue weighted by Gasteiger charge is 2.37. The minimum absolute atomic E-state index is 0.211. The van der Waals surface area contributed by atoms with Crippen LogP contribution in [0.4, 0.5) is 11.4 Å². The summed E-state index contributed by atoms with van der Waals surface area (Å²) >= 11 is 0. The highest BCUT2D eigenvalue weighted by atomic mass is 15.2. The third-order valence-electron chi connectivity index (χ3n) is 14.7. The Morgan fingerprint density at radius 1 is 0.418 bits per heavy atom. The summed E-state index contributed by atoms with van der Waals surface area (Å²) < 4.78 is 4.90. The van der Waals surface area contributed by atoms with E-state index >= 15 is 0 Å². The number of nitriles is 2. The molecular weight excluding hydrogens is 815 g/mol. The molecule has 3 heterocycles. The van der Waals surface area contributed by atoms with Gasteiger partial charge in [-0.3, -0.25) is 0 Å². The van der Waals surface area contributed by atoms with E-state index in [1.54, 1.807) is 6.07 Å². The van der Waals surface area contributed by atoms with E-state index in [0.717, 1.165) is 40.7 Å². The summed E-state index contributed by atoms with van der Waals surface area (Å²) in [4.78, 5) is 2.54. The number of allylic oxidation sites excluding steroid dienone is 2. The van der Waals surface area contributed by atoms with E-state index in [1.165, 1.54) is 88.2 Å². The zero-order valence-electron chi connectivity index (χ0n) is 36.4. The predicted molar refractivity (Wildman–Crippen MR) is 273 cm³/mol. The molecule has 5 heteroatoms. The minimum atomic E-state index is 0.211. The van der Waals surface area contributed by atoms with Crippen LogP contribution in [0, 0.1) is 22.7 Å². The number of rotatable bonds is 4. The maximum Gasteiger partial charge on any atom is 0.0992 e. The van der Waals surface area contributed by atoms with E-state index < -0.39 is 0 Å². The first-order valence-corrected chi connectivity index (χ1v) is 23.0. The van der Waals surface area contributed by atoms with Gasteiger partial charge >= 0.3 is 0 Å². The van der Waals surface area contributed by atoms with Crippen LogP contribution in [0.1, 0.15) is 44.9 Å². The van der Waals surface area contributed by atoms with Crippen molar-refractivity contribution in [1.82, 2.24) is 9.13 Å². The molecular formula is C62H39N5. The SMILES string of the molecule is N#Cc1cc(C#N)cc(-c2ccc3cc4c(cc3c2)Cc2ccc(-n3c5ccc(N6c7ccccc7C7C=CC=CC76)cc5c5cc(-n6c7ccccc7c7ccccc76)ccc53)cc2C4)c1. The molecule has 0 bridgehead atoms. The van der Waals surface area contributed by atoms with Gasteiger partial charge in [-0.05, 0) is 154 Å². The average molecular weight is 854 g/mol. The number of nitrogens with zero attached hydrogens (tertiary/aromatic N) is 5. The van der Waals surface area contributed by atoms with E-state index in [9.17, 15) is 10.5 Å². The van der Waals surface area contributed by atoms with Crippen LogP contribution in [-0.2, 0) is 12.8 Å². The van der Waals surface area contributed by atoms with Gasteiger partial charge in [0, 0.05) is 50.2 Å². The fourth-order valence-electron chi connectivity index (χ4n) is 11.7. The fraction of sp³-hybridized carbons (Fsp3) is 0.0645. The molecule has 3 aliphatic rings. The molecule has 0 saturated carbocycles. The monoisotopic (exact) mass is 853 g/mol. The highest BCUT2D eigenvalue weighted by Crippen LogP contribution is 2.49. The quantitative estimate of drug-likeness (QED) is 0.177. The molecule has 1 aliphatic heterocycles. The Morgan fingerprint density at radius 3 is 1.75 bits per heavy atom. The van der Waals surface area contributed by atoms with Crippen LogP contribution >= 0.6 is 0 Å². The molecule has 0 saturated heterocycles. The van der Waals surface area contributed by atoms with E-state index in [0.29, 0.717) is 17.0 Å². The molecule has 2 atom stereocenters. The van der Waals surface area contributed by atoms with Gasteiger partial charge in [0.25, 0.3) is 0 Å². The van der Waals surface area contributed by atoms with Crippen molar-refractivity contribution in [3.63, 3.8) is 0 Å². The Balaban J connectivity index is 0.908. The summed E-state index contributed by atoms with van der Waals surface area (Å²) in [6, 6.07) is 68.8. The van der Waals surface area contributed by atoms with E-state index in [-0.39, 0.29) is 6.04 Å². The van der Waals surface area contributed by atoms with Crippen molar-refractivity contribution in [1.29, 1.82) is 10.5 Å². The maximum atomic E-state index is 9.62. The lowest BCUT2D eigenvalue weighted by atomic mass is 9.84. The molecule has 0 N–H and O–H groups in total. The molecule has 2 aliphatic carbocycles. The molecule has 9 aromatic carbocycles. The van der Waals surface area contributed by atoms with Gasteiger partial charge in [-0.2, -0.15) is 10.5 Å². The van der Waals surface area contributed by atoms with Gasteiger partial charge in [0.1, 0.15) is 0 Å². The zero-order chi connectivity index (χ0) is 44.3. The first kappa shape index (κ1) is 37.5. The van der Waals surface area contributed by atoms with Crippen molar-refractivity contribution in [2.45, 2.75) is 24.8 Å². The zero-order valence-corrected chi connectivity index (χ0v) is 36.4. The average Bonchev–Trinajstić information content (AvgIpc) is 4.02. The molecule has 0 fully saturated rings. The Bertz CT molecular complexity index is 4020. The molecule has 0 radical (unpaired) electrons. The standard InChI is InChI=1S/C62H39N5/c63-36-38-25-39(37-64)27-43(26-38)40-17-18-41-29-46-32-47-33-48(20-19-42(47)30-45(46)31-44(41)28-40)65-61-23-21-49(66-57-13-5-1-9-51(57)52-10-2-6-14-58(52)66)34-55(61)56-35-50(22-24-62(56)65)67-59-15-7-3-11-53(59)54-12-4-8-16-60(54)67/h1-29,31,33-35,51,57H,30,32H2. The Kier molecular flexibility index (Phi) is 8.00. The van der Waals surface area contributed by atoms with Crippen molar-refractivity contribution in [2.24, 2.45) is 0 Å². The van der Waals surface area contributed by atoms with Crippen LogP contribution in [-0.4, -0.2) is 15.2 Å². The molecule has 67 heavy (non-hydrogen) atoms. The van der Waals surface area contributed by atoms with Crippen LogP contribution in [0.3, 0.4) is 0 Å². The van der Waals surface area contributed by atoms with Gasteiger partial charge in [-0.1, -0.05) is 109 Å². The van der Waals surface area contributed by atoms with Crippen molar-refractivity contribution in [3.8, 4) is 34.6 Å². The van der Waals surface area contributed by atoms with E-state index in [2.05, 4.69) is 208 Å². The number of hydrogen-bond donors (Lipinski definition) is 0. The van der Waals surface area contributed by atoms with Crippen LogP contribution in [0.5, 0.6) is 0 Å². The molecule has 2 aromatic heterocycles. The molecule has 0 spiro atoms. The summed E-state index contributed by atoms with van der Waals surface area (Å²) in [5.74, 6) is 0.308. The third-order valence-corrected chi connectivity index (χ3v) is 14.7. The lowest BCUT2D eigenvalue weighted by Gasteiger charge is -2.28. The largest absolute Gasteiger partial charge is 0.333 e. The van der Waals surface area contributed by atoms with E-state index in [4.69, 9.17) is 0 Å². The number of benzene rings is 9. The smallest absolute Gasteiger partial charge is 0.0992 e. The molecule has 14 rings (SSSR count). The van der Waals surface area contributed by atoms with Crippen LogP contribution < -0.4 is 4.90 Å². The number of hydrogen-bond acceptors (Lipinski definition) is 3. The fourth-order valence-corrected chi connectivity index (χ4v) is 11.7. The third kappa shape index (κ3) is 5.65. The van der Waals surface area contributed by atoms with Gasteiger partial charge in [-0.15, -0.1) is 0 Å².